The highest BCUT2D eigenvalue weighted by Crippen LogP contribution is 2.41. The molecule has 0 atom stereocenters. The molecule has 0 aromatic heterocycles. The van der Waals surface area contributed by atoms with Crippen LogP contribution in [0.15, 0.2) is 16.6 Å². The molecule has 0 aliphatic carbocycles. The number of carbonyl (C=O) groups is 2. The highest BCUT2D eigenvalue weighted by molar-refractivity contribution is 9.10. The van der Waals surface area contributed by atoms with E-state index in [9.17, 15) is 14.0 Å². The number of ether oxygens (including phenoxy) is 1. The van der Waals surface area contributed by atoms with Gasteiger partial charge in [0.2, 0.25) is 5.91 Å². The molecular formula is C15H18BrFN2O4. The highest BCUT2D eigenvalue weighted by Gasteiger charge is 2.36. The zero-order valence-corrected chi connectivity index (χ0v) is 14.7. The first-order valence-corrected chi connectivity index (χ1v) is 7.84. The van der Waals surface area contributed by atoms with E-state index in [-0.39, 0.29) is 29.9 Å². The Bertz CT molecular complexity index is 645. The number of anilines is 2. The zero-order chi connectivity index (χ0) is 17.4. The maximum absolute atomic E-state index is 13.9. The van der Waals surface area contributed by atoms with Gasteiger partial charge >= 0.3 is 6.09 Å². The van der Waals surface area contributed by atoms with Crippen molar-refractivity contribution in [2.75, 3.05) is 29.5 Å². The Kier molecular flexibility index (Phi) is 4.95. The molecule has 0 saturated carbocycles. The van der Waals surface area contributed by atoms with Crippen LogP contribution in [0.4, 0.5) is 20.6 Å². The maximum atomic E-state index is 13.9. The van der Waals surface area contributed by atoms with Gasteiger partial charge in [-0.05, 0) is 48.8 Å². The van der Waals surface area contributed by atoms with Gasteiger partial charge in [0.25, 0.3) is 0 Å². The first-order valence-electron chi connectivity index (χ1n) is 7.05. The number of nitrogens with zero attached hydrogens (tertiary/aromatic N) is 2. The van der Waals surface area contributed by atoms with E-state index in [4.69, 9.17) is 9.84 Å². The van der Waals surface area contributed by atoms with Gasteiger partial charge in [-0.1, -0.05) is 0 Å². The number of benzene rings is 1. The molecule has 0 saturated heterocycles. The number of hydrogen-bond acceptors (Lipinski definition) is 4. The Balaban J connectivity index is 2.50. The summed E-state index contributed by atoms with van der Waals surface area (Å²) in [6.07, 6.45) is -0.686. The monoisotopic (exact) mass is 388 g/mol. The molecule has 1 aliphatic rings. The summed E-state index contributed by atoms with van der Waals surface area (Å²) in [6, 6.07) is 2.61. The minimum Gasteiger partial charge on any atom is -0.443 e. The van der Waals surface area contributed by atoms with Crippen LogP contribution in [0, 0.1) is 5.82 Å². The van der Waals surface area contributed by atoms with Crippen LogP contribution in [-0.4, -0.2) is 42.4 Å². The molecule has 2 amide bonds. The number of aliphatic hydroxyl groups excluding tert-OH is 1. The zero-order valence-electron chi connectivity index (χ0n) is 13.1. The van der Waals surface area contributed by atoms with Crippen molar-refractivity contribution in [2.45, 2.75) is 26.4 Å². The van der Waals surface area contributed by atoms with Crippen LogP contribution in [0.1, 0.15) is 20.8 Å². The number of rotatable bonds is 2. The van der Waals surface area contributed by atoms with Crippen LogP contribution >= 0.6 is 15.9 Å². The average Bonchev–Trinajstić information content (AvgIpc) is 2.43. The molecular weight excluding hydrogens is 371 g/mol. The lowest BCUT2D eigenvalue weighted by Crippen LogP contribution is -2.50. The third-order valence-electron chi connectivity index (χ3n) is 3.14. The molecule has 23 heavy (non-hydrogen) atoms. The molecule has 126 valence electrons. The van der Waals surface area contributed by atoms with E-state index in [1.807, 2.05) is 0 Å². The van der Waals surface area contributed by atoms with Crippen LogP contribution in [0.5, 0.6) is 0 Å². The first kappa shape index (κ1) is 17.7. The van der Waals surface area contributed by atoms with Gasteiger partial charge in [-0.2, -0.15) is 0 Å². The van der Waals surface area contributed by atoms with E-state index in [0.717, 1.165) is 0 Å². The summed E-state index contributed by atoms with van der Waals surface area (Å²) in [5.41, 5.74) is -0.165. The lowest BCUT2D eigenvalue weighted by atomic mass is 10.1. The van der Waals surface area contributed by atoms with Crippen molar-refractivity contribution in [1.29, 1.82) is 0 Å². The topological polar surface area (TPSA) is 70.1 Å². The van der Waals surface area contributed by atoms with Crippen LogP contribution in [0.2, 0.25) is 0 Å². The number of carbonyl (C=O) groups excluding carboxylic acids is 2. The molecule has 1 aromatic rings. The Morgan fingerprint density at radius 3 is 2.65 bits per heavy atom. The lowest BCUT2D eigenvalue weighted by molar-refractivity contribution is -0.117. The summed E-state index contributed by atoms with van der Waals surface area (Å²) in [4.78, 5) is 27.1. The Labute approximate surface area is 141 Å². The van der Waals surface area contributed by atoms with E-state index in [1.165, 1.54) is 21.9 Å². The highest BCUT2D eigenvalue weighted by atomic mass is 79.9. The van der Waals surface area contributed by atoms with Gasteiger partial charge < -0.3 is 14.7 Å². The fourth-order valence-electron chi connectivity index (χ4n) is 2.25. The molecule has 6 nitrogen and oxygen atoms in total. The van der Waals surface area contributed by atoms with E-state index in [0.29, 0.717) is 5.69 Å². The Hall–Kier alpha value is -1.67. The number of fused-ring (bicyclic) bond motifs is 1. The van der Waals surface area contributed by atoms with Crippen molar-refractivity contribution < 1.29 is 23.8 Å². The van der Waals surface area contributed by atoms with Gasteiger partial charge in [0.15, 0.2) is 0 Å². The molecule has 1 aromatic carbocycles. The second-order valence-corrected chi connectivity index (χ2v) is 6.86. The second-order valence-electron chi connectivity index (χ2n) is 6.06. The Morgan fingerprint density at radius 2 is 2.09 bits per heavy atom. The Morgan fingerprint density at radius 1 is 1.43 bits per heavy atom. The molecule has 0 fully saturated rings. The van der Waals surface area contributed by atoms with Gasteiger partial charge in [-0.25, -0.2) is 9.18 Å². The molecule has 0 radical (unpaired) electrons. The second kappa shape index (κ2) is 6.45. The lowest BCUT2D eigenvalue weighted by Gasteiger charge is -2.37. The fourth-order valence-corrected chi connectivity index (χ4v) is 2.80. The molecule has 0 spiro atoms. The van der Waals surface area contributed by atoms with E-state index < -0.39 is 23.4 Å². The van der Waals surface area contributed by atoms with Gasteiger partial charge in [0, 0.05) is 6.54 Å². The van der Waals surface area contributed by atoms with Crippen molar-refractivity contribution in [3.63, 3.8) is 0 Å². The van der Waals surface area contributed by atoms with E-state index >= 15 is 0 Å². The number of aliphatic hydroxyl groups is 1. The van der Waals surface area contributed by atoms with Crippen LogP contribution < -0.4 is 9.80 Å². The molecule has 2 rings (SSSR count). The predicted octanol–water partition coefficient (Wildman–Crippen LogP) is 2.67. The van der Waals surface area contributed by atoms with Crippen LogP contribution in [0.25, 0.3) is 0 Å². The van der Waals surface area contributed by atoms with Gasteiger partial charge in [0.1, 0.15) is 18.0 Å². The minimum absolute atomic E-state index is 0.00997. The van der Waals surface area contributed by atoms with E-state index in [1.54, 1.807) is 20.8 Å². The molecule has 0 bridgehead atoms. The summed E-state index contributed by atoms with van der Waals surface area (Å²) in [5.74, 6) is -0.991. The molecule has 1 aliphatic heterocycles. The summed E-state index contributed by atoms with van der Waals surface area (Å²) < 4.78 is 19.2. The van der Waals surface area contributed by atoms with E-state index in [2.05, 4.69) is 15.9 Å². The largest absolute Gasteiger partial charge is 0.443 e. The summed E-state index contributed by atoms with van der Waals surface area (Å²) in [5, 5.41) is 9.14. The SMILES string of the molecule is CC(C)(C)OC(=O)N1CC(=O)N(CCO)c2c1ccc(F)c2Br. The van der Waals surface area contributed by atoms with Crippen molar-refractivity contribution in [2.24, 2.45) is 0 Å². The molecule has 0 unspecified atom stereocenters. The van der Waals surface area contributed by atoms with Gasteiger partial charge in [-0.3, -0.25) is 9.69 Å². The van der Waals surface area contributed by atoms with Crippen molar-refractivity contribution in [3.8, 4) is 0 Å². The number of β-amino-alcohol motifs (C(OH)–C–C–N with tert-alkyl or cyclic N) is 1. The molecule has 1 heterocycles. The predicted molar refractivity (Wildman–Crippen MR) is 87.1 cm³/mol. The average molecular weight is 389 g/mol. The summed E-state index contributed by atoms with van der Waals surface area (Å²) in [7, 11) is 0. The number of amides is 2. The van der Waals surface area contributed by atoms with Gasteiger partial charge in [0.05, 0.1) is 22.5 Å². The smallest absolute Gasteiger partial charge is 0.415 e. The molecule has 1 N–H and O–H groups in total. The van der Waals surface area contributed by atoms with Crippen molar-refractivity contribution in [3.05, 3.63) is 22.4 Å². The van der Waals surface area contributed by atoms with Crippen molar-refractivity contribution >= 4 is 39.3 Å². The van der Waals surface area contributed by atoms with Crippen molar-refractivity contribution in [1.82, 2.24) is 0 Å². The number of hydrogen-bond donors (Lipinski definition) is 1. The first-order chi connectivity index (χ1) is 10.7. The maximum Gasteiger partial charge on any atom is 0.415 e. The fraction of sp³-hybridized carbons (Fsp3) is 0.467. The van der Waals surface area contributed by atoms with Crippen LogP contribution in [0.3, 0.4) is 0 Å². The van der Waals surface area contributed by atoms with Gasteiger partial charge in [-0.15, -0.1) is 0 Å². The summed E-state index contributed by atoms with van der Waals surface area (Å²) >= 11 is 3.11. The standard InChI is InChI=1S/C15H18BrFN2O4/c1-15(2,3)23-14(22)19-8-11(21)18(6-7-20)13-10(19)5-4-9(17)12(13)16/h4-5,20H,6-8H2,1-3H3. The quantitative estimate of drug-likeness (QED) is 0.845. The third kappa shape index (κ3) is 3.64. The normalized spacial score (nSPS) is 14.8. The molecule has 8 heteroatoms. The van der Waals surface area contributed by atoms with Crippen LogP contribution in [-0.2, 0) is 9.53 Å². The minimum atomic E-state index is -0.722. The summed E-state index contributed by atoms with van der Waals surface area (Å²) in [6.45, 7) is 4.65. The number of halogens is 2. The third-order valence-corrected chi connectivity index (χ3v) is 3.89.